The number of likely N-dealkylation sites (tertiary alicyclic amines) is 1. The van der Waals surface area contributed by atoms with Gasteiger partial charge in [0.25, 0.3) is 5.91 Å². The monoisotopic (exact) mass is 1110 g/mol. The number of Topliss-reactive ketones (excluding diaryl/α,β-unsaturated/α-hetero) is 3. The number of benzene rings is 4. The van der Waals surface area contributed by atoms with Crippen LogP contribution in [0.3, 0.4) is 0 Å². The van der Waals surface area contributed by atoms with Gasteiger partial charge < -0.3 is 35.0 Å². The zero-order valence-corrected chi connectivity index (χ0v) is 46.8. The Morgan fingerprint density at radius 2 is 1.62 bits per heavy atom. The molecule has 16 nitrogen and oxygen atoms in total. The van der Waals surface area contributed by atoms with Crippen molar-refractivity contribution in [3.05, 3.63) is 124 Å². The van der Waals surface area contributed by atoms with Gasteiger partial charge in [-0.2, -0.15) is 5.10 Å². The van der Waals surface area contributed by atoms with Gasteiger partial charge in [0.1, 0.15) is 24.0 Å². The third kappa shape index (κ3) is 15.0. The number of thiazole rings is 1. The van der Waals surface area contributed by atoms with Crippen molar-refractivity contribution in [3.63, 3.8) is 0 Å². The summed E-state index contributed by atoms with van der Waals surface area (Å²) in [4.78, 5) is 79.7. The van der Waals surface area contributed by atoms with E-state index in [9.17, 15) is 37.9 Å². The van der Waals surface area contributed by atoms with E-state index in [2.05, 4.69) is 35.6 Å². The number of aromatic amines is 1. The van der Waals surface area contributed by atoms with E-state index in [1.54, 1.807) is 11.3 Å². The molecule has 2 amide bonds. The molecule has 5 heterocycles. The quantitative estimate of drug-likeness (QED) is 0.0444. The van der Waals surface area contributed by atoms with Crippen LogP contribution in [-0.4, -0.2) is 143 Å². The van der Waals surface area contributed by atoms with E-state index in [0.717, 1.165) is 51.9 Å². The first-order chi connectivity index (χ1) is 38.4. The van der Waals surface area contributed by atoms with Crippen molar-refractivity contribution in [2.75, 3.05) is 81.2 Å². The number of nitrogens with one attached hydrogen (secondary N) is 3. The van der Waals surface area contributed by atoms with E-state index < -0.39 is 35.1 Å². The lowest BCUT2D eigenvalue weighted by Crippen LogP contribution is -2.48. The van der Waals surface area contributed by atoms with Crippen LogP contribution in [0.4, 0.5) is 26.0 Å². The Bertz CT molecular complexity index is 3140. The van der Waals surface area contributed by atoms with Crippen LogP contribution in [0.2, 0.25) is 0 Å². The fourth-order valence-corrected chi connectivity index (χ4v) is 11.8. The van der Waals surface area contributed by atoms with Crippen molar-refractivity contribution in [2.45, 2.75) is 104 Å². The lowest BCUT2D eigenvalue weighted by Gasteiger charge is -2.36. The number of halogens is 2. The summed E-state index contributed by atoms with van der Waals surface area (Å²) in [6.07, 6.45) is 2.58. The molecule has 2 aromatic heterocycles. The molecule has 3 fully saturated rings. The van der Waals surface area contributed by atoms with Crippen molar-refractivity contribution < 1.29 is 47.3 Å². The van der Waals surface area contributed by atoms with Gasteiger partial charge in [0.15, 0.2) is 17.4 Å². The van der Waals surface area contributed by atoms with Crippen molar-refractivity contribution >= 4 is 68.6 Å². The number of nitrogens with zero attached hydrogens (tertiary/aromatic N) is 5. The summed E-state index contributed by atoms with van der Waals surface area (Å²) < 4.78 is 39.2. The predicted octanol–water partition coefficient (Wildman–Crippen LogP) is 8.98. The Morgan fingerprint density at radius 1 is 0.887 bits per heavy atom. The highest BCUT2D eigenvalue weighted by Gasteiger charge is 2.44. The molecule has 0 bridgehead atoms. The first-order valence-corrected chi connectivity index (χ1v) is 28.6. The van der Waals surface area contributed by atoms with E-state index in [1.165, 1.54) is 17.0 Å². The molecule has 9 rings (SSSR count). The molecule has 3 aliphatic heterocycles. The predicted molar refractivity (Wildman–Crippen MR) is 305 cm³/mol. The number of carbonyl (C=O) groups is 5. The molecule has 19 heteroatoms. The third-order valence-corrected chi connectivity index (χ3v) is 16.5. The molecule has 3 saturated heterocycles. The Labute approximate surface area is 469 Å². The van der Waals surface area contributed by atoms with E-state index in [4.69, 9.17) is 9.47 Å². The Kier molecular flexibility index (Phi) is 19.0. The van der Waals surface area contributed by atoms with Gasteiger partial charge in [-0.1, -0.05) is 51.1 Å². The highest BCUT2D eigenvalue weighted by atomic mass is 32.1. The number of piperazine rings is 1. The van der Waals surface area contributed by atoms with Crippen molar-refractivity contribution in [2.24, 2.45) is 11.3 Å². The average Bonchev–Trinajstić information content (AvgIpc) is 4.17. The molecule has 0 radical (unpaired) electrons. The second kappa shape index (κ2) is 26.2. The number of aromatic nitrogens is 3. The van der Waals surface area contributed by atoms with Gasteiger partial charge in [0.2, 0.25) is 5.91 Å². The molecule has 6 aromatic rings. The minimum atomic E-state index is -0.832. The number of aliphatic hydroxyl groups is 1. The smallest absolute Gasteiger partial charge is 0.258 e. The molecule has 424 valence electrons. The highest BCUT2D eigenvalue weighted by molar-refractivity contribution is 7.13. The van der Waals surface area contributed by atoms with E-state index >= 15 is 0 Å². The highest BCUT2D eigenvalue weighted by Crippen LogP contribution is 2.35. The first-order valence-electron chi connectivity index (χ1n) is 27.7. The number of hydrogen-bond donors (Lipinski definition) is 4. The van der Waals surface area contributed by atoms with E-state index in [1.807, 2.05) is 93.9 Å². The van der Waals surface area contributed by atoms with Crippen LogP contribution in [0.15, 0.2) is 84.4 Å². The van der Waals surface area contributed by atoms with Crippen LogP contribution in [0.25, 0.3) is 21.3 Å². The summed E-state index contributed by atoms with van der Waals surface area (Å²) in [7, 11) is 0. The standard InChI is InChI=1S/C61H72F2N8O8S/c1-38-57(80-37-64-38)42-11-7-39(8-12-42)10-16-56(75)55-33-48(73)35-71(55)60(77)52(61(2,3)4)32-49(74)36-79-23-5-6-47(72)34-69-19-21-70(22-20-69)46-13-14-50(54(31-46)65-45-17-24-78-25-18-45)59(76)66-58-51-29-40(9-15-53(51)67-68-58)26-41-27-43(62)30-44(63)28-41/h7-9,11-15,27-31,37,45,48,52,55,65,73H,5-6,10,16-26,32-36H2,1-4H3,(H2,66,67,68,76)/t48-,52-,55+/m1/s1. The molecule has 80 heavy (non-hydrogen) atoms. The lowest BCUT2D eigenvalue weighted by atomic mass is 9.76. The molecule has 4 aromatic carbocycles. The van der Waals surface area contributed by atoms with Crippen LogP contribution in [0, 0.1) is 29.9 Å². The maximum absolute atomic E-state index is 14.2. The summed E-state index contributed by atoms with van der Waals surface area (Å²) in [5.74, 6) is -2.64. The summed E-state index contributed by atoms with van der Waals surface area (Å²) in [6, 6.07) is 22.1. The number of hydrogen-bond acceptors (Lipinski definition) is 14. The van der Waals surface area contributed by atoms with Gasteiger partial charge in [-0.25, -0.2) is 13.8 Å². The van der Waals surface area contributed by atoms with Crippen molar-refractivity contribution in [3.8, 4) is 10.4 Å². The summed E-state index contributed by atoms with van der Waals surface area (Å²) >= 11 is 1.58. The number of fused-ring (bicyclic) bond motifs is 1. The third-order valence-electron chi connectivity index (χ3n) is 15.5. The molecule has 0 unspecified atom stereocenters. The van der Waals surface area contributed by atoms with Crippen LogP contribution < -0.4 is 15.5 Å². The minimum absolute atomic E-state index is 0.0376. The topological polar surface area (TPSA) is 199 Å². The van der Waals surface area contributed by atoms with Crippen molar-refractivity contribution in [1.29, 1.82) is 0 Å². The molecule has 3 aliphatic rings. The Balaban J connectivity index is 0.718. The summed E-state index contributed by atoms with van der Waals surface area (Å²) in [5, 5.41) is 25.3. The van der Waals surface area contributed by atoms with Gasteiger partial charge in [-0.05, 0) is 109 Å². The van der Waals surface area contributed by atoms with Crippen LogP contribution in [-0.2, 0) is 41.5 Å². The number of ether oxygens (including phenoxy) is 2. The Hall–Kier alpha value is -6.77. The second-order valence-corrected chi connectivity index (χ2v) is 23.4. The normalized spacial score (nSPS) is 17.7. The number of aliphatic hydroxyl groups excluding tert-OH is 1. The number of amides is 2. The number of ketones is 3. The van der Waals surface area contributed by atoms with Crippen molar-refractivity contribution in [1.82, 2.24) is 25.0 Å². The molecule has 3 atom stereocenters. The molecule has 0 aliphatic carbocycles. The zero-order chi connectivity index (χ0) is 56.5. The zero-order valence-electron chi connectivity index (χ0n) is 46.0. The SMILES string of the molecule is Cc1ncsc1-c1ccc(CCC(=O)[C@@H]2C[C@@H](O)CN2C(=O)[C@@H](CC(=O)COCCCC(=O)CN2CCN(c3ccc(C(=O)Nc4n[nH]c5ccc(Cc6cc(F)cc(F)c6)cc45)c(NC4CCOCC4)c3)CC2)C(C)(C)C)cc1. The van der Waals surface area contributed by atoms with Gasteiger partial charge in [-0.3, -0.25) is 34.0 Å². The minimum Gasteiger partial charge on any atom is -0.391 e. The first kappa shape index (κ1) is 57.9. The number of H-pyrrole nitrogens is 1. The molecular formula is C61H72F2N8O8S. The number of carbonyl (C=O) groups excluding carboxylic acids is 5. The number of aryl methyl sites for hydroxylation is 2. The largest absolute Gasteiger partial charge is 0.391 e. The van der Waals surface area contributed by atoms with Gasteiger partial charge in [-0.15, -0.1) is 11.3 Å². The fraction of sp³-hybridized carbons (Fsp3) is 0.459. The van der Waals surface area contributed by atoms with Gasteiger partial charge in [0.05, 0.1) is 45.9 Å². The van der Waals surface area contributed by atoms with E-state index in [0.29, 0.717) is 92.3 Å². The lowest BCUT2D eigenvalue weighted by molar-refractivity contribution is -0.146. The fourth-order valence-electron chi connectivity index (χ4n) is 11.0. The van der Waals surface area contributed by atoms with Crippen LogP contribution >= 0.6 is 11.3 Å². The maximum atomic E-state index is 14.2. The number of β-amino-alcohol motifs (C(OH)–C–C–N with tert-alkyl or cyclic N) is 1. The average molecular weight is 1120 g/mol. The summed E-state index contributed by atoms with van der Waals surface area (Å²) in [5.41, 5.74) is 8.30. The molecular weight excluding hydrogens is 1040 g/mol. The molecule has 0 spiro atoms. The second-order valence-electron chi connectivity index (χ2n) is 22.6. The van der Waals surface area contributed by atoms with Crippen LogP contribution in [0.5, 0.6) is 0 Å². The van der Waals surface area contributed by atoms with Gasteiger partial charge >= 0.3 is 0 Å². The number of anilines is 3. The Morgan fingerprint density at radius 3 is 2.34 bits per heavy atom. The number of rotatable bonds is 23. The van der Waals surface area contributed by atoms with E-state index in [-0.39, 0.29) is 87.1 Å². The van der Waals surface area contributed by atoms with Gasteiger partial charge in [0, 0.05) is 113 Å². The molecule has 0 saturated carbocycles. The molecule has 4 N–H and O–H groups in total. The summed E-state index contributed by atoms with van der Waals surface area (Å²) in [6.45, 7) is 11.9. The van der Waals surface area contributed by atoms with Crippen LogP contribution in [0.1, 0.15) is 98.5 Å². The maximum Gasteiger partial charge on any atom is 0.258 e.